The Labute approximate surface area is 232 Å². The van der Waals surface area contributed by atoms with E-state index in [2.05, 4.69) is 9.97 Å². The molecule has 0 saturated carbocycles. The third kappa shape index (κ3) is 8.11. The lowest BCUT2D eigenvalue weighted by Crippen LogP contribution is -2.57. The van der Waals surface area contributed by atoms with Gasteiger partial charge in [0.25, 0.3) is 0 Å². The van der Waals surface area contributed by atoms with E-state index < -0.39 is 11.7 Å². The van der Waals surface area contributed by atoms with Crippen LogP contribution in [0.3, 0.4) is 0 Å². The topological polar surface area (TPSA) is 88.0 Å². The lowest BCUT2D eigenvalue weighted by molar-refractivity contribution is -0.137. The van der Waals surface area contributed by atoms with Gasteiger partial charge in [-0.1, -0.05) is 25.4 Å². The standard InChI is InChI=1S/C27H36ClF3N4O4/c1-5-21-12-23(13-22(6-2)35(21)26(37)39-17(3)4)34(25-32-14-24(15-33-25)38-8-7-36)16-18-9-19(27(29,30)31)11-20(28)10-18/h9-11,14-15,17,21-23,36H,5-8,12-13,16H2,1-4H3/t21-,22+,23+. The minimum Gasteiger partial charge on any atom is -0.488 e. The van der Waals surface area contributed by atoms with E-state index in [-0.39, 0.29) is 55.1 Å². The van der Waals surface area contributed by atoms with Gasteiger partial charge < -0.3 is 24.4 Å². The maximum Gasteiger partial charge on any atom is 0.416 e. The maximum atomic E-state index is 13.5. The lowest BCUT2D eigenvalue weighted by Gasteiger charge is -2.47. The van der Waals surface area contributed by atoms with Crippen molar-refractivity contribution in [2.45, 2.75) is 90.3 Å². The summed E-state index contributed by atoms with van der Waals surface area (Å²) in [6.07, 6.45) is 0.235. The molecule has 1 N–H and O–H groups in total. The number of anilines is 1. The quantitative estimate of drug-likeness (QED) is 0.368. The molecular weight excluding hydrogens is 537 g/mol. The van der Waals surface area contributed by atoms with Crippen LogP contribution in [0.25, 0.3) is 0 Å². The maximum absolute atomic E-state index is 13.5. The number of halogens is 4. The Balaban J connectivity index is 1.98. The number of ether oxygens (including phenoxy) is 2. The van der Waals surface area contributed by atoms with Crippen LogP contribution in [0.2, 0.25) is 5.02 Å². The molecule has 3 atom stereocenters. The fourth-order valence-electron chi connectivity index (χ4n) is 4.95. The van der Waals surface area contributed by atoms with Gasteiger partial charge in [0.2, 0.25) is 5.95 Å². The number of carbonyl (C=O) groups excluding carboxylic acids is 1. The number of piperidine rings is 1. The van der Waals surface area contributed by atoms with Crippen molar-refractivity contribution in [1.82, 2.24) is 14.9 Å². The van der Waals surface area contributed by atoms with Crippen molar-refractivity contribution in [3.63, 3.8) is 0 Å². The van der Waals surface area contributed by atoms with Crippen LogP contribution in [-0.4, -0.2) is 63.5 Å². The van der Waals surface area contributed by atoms with Crippen LogP contribution in [0.5, 0.6) is 5.75 Å². The second kappa shape index (κ2) is 13.5. The highest BCUT2D eigenvalue weighted by atomic mass is 35.5. The summed E-state index contributed by atoms with van der Waals surface area (Å²) >= 11 is 6.08. The molecule has 39 heavy (non-hydrogen) atoms. The van der Waals surface area contributed by atoms with Crippen LogP contribution >= 0.6 is 11.6 Å². The molecule has 1 fully saturated rings. The second-order valence-electron chi connectivity index (χ2n) is 9.85. The third-order valence-corrected chi connectivity index (χ3v) is 6.89. The number of aliphatic hydroxyl groups excluding tert-OH is 1. The van der Waals surface area contributed by atoms with Crippen LogP contribution in [0.1, 0.15) is 64.5 Å². The van der Waals surface area contributed by atoms with E-state index in [1.165, 1.54) is 18.5 Å². The summed E-state index contributed by atoms with van der Waals surface area (Å²) in [5.74, 6) is 0.673. The van der Waals surface area contributed by atoms with Gasteiger partial charge in [-0.3, -0.25) is 0 Å². The summed E-state index contributed by atoms with van der Waals surface area (Å²) in [6, 6.07) is 3.03. The van der Waals surface area contributed by atoms with Crippen molar-refractivity contribution < 1.29 is 32.5 Å². The normalized spacial score (nSPS) is 19.7. The van der Waals surface area contributed by atoms with Gasteiger partial charge in [0.15, 0.2) is 5.75 Å². The molecule has 2 heterocycles. The number of hydrogen-bond donors (Lipinski definition) is 1. The minimum absolute atomic E-state index is 0.0161. The van der Waals surface area contributed by atoms with Gasteiger partial charge in [0.05, 0.1) is 30.7 Å². The highest BCUT2D eigenvalue weighted by Gasteiger charge is 2.41. The molecule has 12 heteroatoms. The number of benzene rings is 1. The van der Waals surface area contributed by atoms with Gasteiger partial charge in [0, 0.05) is 29.7 Å². The van der Waals surface area contributed by atoms with E-state index in [0.29, 0.717) is 42.9 Å². The van der Waals surface area contributed by atoms with Crippen LogP contribution in [-0.2, 0) is 17.5 Å². The predicted octanol–water partition coefficient (Wildman–Crippen LogP) is 6.09. The first-order chi connectivity index (χ1) is 18.5. The number of carbonyl (C=O) groups is 1. The number of alkyl halides is 3. The van der Waals surface area contributed by atoms with Crippen molar-refractivity contribution in [1.29, 1.82) is 0 Å². The van der Waals surface area contributed by atoms with Gasteiger partial charge in [-0.2, -0.15) is 13.2 Å². The molecule has 0 aliphatic carbocycles. The highest BCUT2D eigenvalue weighted by molar-refractivity contribution is 6.30. The van der Waals surface area contributed by atoms with Gasteiger partial charge in [0.1, 0.15) is 6.61 Å². The average Bonchev–Trinajstić information content (AvgIpc) is 2.88. The Kier molecular flexibility index (Phi) is 10.7. The Morgan fingerprint density at radius 1 is 1.15 bits per heavy atom. The van der Waals surface area contributed by atoms with Crippen molar-refractivity contribution in [2.24, 2.45) is 0 Å². The fourth-order valence-corrected chi connectivity index (χ4v) is 5.21. The molecular formula is C27H36ClF3N4O4. The van der Waals surface area contributed by atoms with E-state index in [9.17, 15) is 18.0 Å². The molecule has 0 radical (unpaired) electrons. The van der Waals surface area contributed by atoms with E-state index >= 15 is 0 Å². The summed E-state index contributed by atoms with van der Waals surface area (Å²) in [7, 11) is 0. The molecule has 216 valence electrons. The molecule has 1 saturated heterocycles. The van der Waals surface area contributed by atoms with Gasteiger partial charge in [-0.05, 0) is 63.3 Å². The van der Waals surface area contributed by atoms with Crippen molar-refractivity contribution in [2.75, 3.05) is 18.1 Å². The number of hydrogen-bond acceptors (Lipinski definition) is 7. The molecule has 8 nitrogen and oxygen atoms in total. The summed E-state index contributed by atoms with van der Waals surface area (Å²) in [6.45, 7) is 7.59. The van der Waals surface area contributed by atoms with Crippen LogP contribution in [0, 0.1) is 0 Å². The minimum atomic E-state index is -4.55. The number of rotatable bonds is 10. The van der Waals surface area contributed by atoms with Crippen LogP contribution < -0.4 is 9.64 Å². The molecule has 1 aromatic carbocycles. The Morgan fingerprint density at radius 3 is 2.28 bits per heavy atom. The molecule has 1 aliphatic heterocycles. The summed E-state index contributed by atoms with van der Waals surface area (Å²) < 4.78 is 51.5. The lowest BCUT2D eigenvalue weighted by atomic mass is 9.87. The summed E-state index contributed by atoms with van der Waals surface area (Å²) in [5, 5.41) is 8.99. The fraction of sp³-hybridized carbons (Fsp3) is 0.593. The summed E-state index contributed by atoms with van der Waals surface area (Å²) in [4.78, 5) is 25.6. The smallest absolute Gasteiger partial charge is 0.416 e. The molecule has 3 rings (SSSR count). The van der Waals surface area contributed by atoms with E-state index in [1.54, 1.807) is 13.8 Å². The first-order valence-electron chi connectivity index (χ1n) is 13.1. The predicted molar refractivity (Wildman–Crippen MR) is 142 cm³/mol. The monoisotopic (exact) mass is 572 g/mol. The van der Waals surface area contributed by atoms with E-state index in [0.717, 1.165) is 12.1 Å². The zero-order valence-corrected chi connectivity index (χ0v) is 23.4. The van der Waals surface area contributed by atoms with Crippen molar-refractivity contribution >= 4 is 23.6 Å². The number of nitrogens with zero attached hydrogens (tertiary/aromatic N) is 4. The number of likely N-dealkylation sites (tertiary alicyclic amines) is 1. The molecule has 0 spiro atoms. The van der Waals surface area contributed by atoms with E-state index in [1.807, 2.05) is 23.6 Å². The van der Waals surface area contributed by atoms with Crippen molar-refractivity contribution in [3.05, 3.63) is 46.7 Å². The second-order valence-corrected chi connectivity index (χ2v) is 10.3. The first-order valence-corrected chi connectivity index (χ1v) is 13.5. The zero-order valence-electron chi connectivity index (χ0n) is 22.6. The highest BCUT2D eigenvalue weighted by Crippen LogP contribution is 2.36. The Hall–Kier alpha value is -2.79. The zero-order chi connectivity index (χ0) is 28.7. The Bertz CT molecular complexity index is 1070. The molecule has 2 aromatic rings. The molecule has 0 unspecified atom stereocenters. The van der Waals surface area contributed by atoms with Gasteiger partial charge in [-0.25, -0.2) is 14.8 Å². The number of aromatic nitrogens is 2. The Morgan fingerprint density at radius 2 is 1.77 bits per heavy atom. The number of aliphatic hydroxyl groups is 1. The van der Waals surface area contributed by atoms with E-state index in [4.69, 9.17) is 26.2 Å². The largest absolute Gasteiger partial charge is 0.488 e. The summed E-state index contributed by atoms with van der Waals surface area (Å²) in [5.41, 5.74) is -0.468. The third-order valence-electron chi connectivity index (χ3n) is 6.67. The molecule has 1 aliphatic rings. The van der Waals surface area contributed by atoms with Crippen molar-refractivity contribution in [3.8, 4) is 5.75 Å². The van der Waals surface area contributed by atoms with Gasteiger partial charge >= 0.3 is 12.3 Å². The van der Waals surface area contributed by atoms with Crippen LogP contribution in [0.15, 0.2) is 30.6 Å². The number of amides is 1. The molecule has 1 aromatic heterocycles. The molecule has 1 amide bonds. The average molecular weight is 573 g/mol. The first kappa shape index (κ1) is 30.7. The van der Waals surface area contributed by atoms with Gasteiger partial charge in [-0.15, -0.1) is 0 Å². The SMILES string of the molecule is CC[C@@H]1C[C@H](N(Cc2cc(Cl)cc(C(F)(F)F)c2)c2ncc(OCCO)cn2)C[C@H](CC)N1C(=O)OC(C)C. The van der Waals surface area contributed by atoms with Crippen LogP contribution in [0.4, 0.5) is 23.9 Å². The molecule has 0 bridgehead atoms.